The van der Waals surface area contributed by atoms with E-state index in [4.69, 9.17) is 14.2 Å². The number of nitrogens with zero attached hydrogens (tertiary/aromatic N) is 3. The van der Waals surface area contributed by atoms with Gasteiger partial charge < -0.3 is 19.2 Å². The van der Waals surface area contributed by atoms with Crippen LogP contribution >= 0.6 is 0 Å². The van der Waals surface area contributed by atoms with E-state index >= 15 is 0 Å². The summed E-state index contributed by atoms with van der Waals surface area (Å²) in [4.78, 5) is 7.35. The SMILES string of the molecule is CC1=C2C(Oc3ccc4[nH]c(C)cc4c3F)=NC=NN2CC1OCC1CO1. The van der Waals surface area contributed by atoms with Crippen LogP contribution in [-0.4, -0.2) is 54.2 Å². The van der Waals surface area contributed by atoms with Crippen LogP contribution in [-0.2, 0) is 9.47 Å². The van der Waals surface area contributed by atoms with E-state index in [2.05, 4.69) is 15.1 Å². The van der Waals surface area contributed by atoms with E-state index in [0.717, 1.165) is 29.1 Å². The van der Waals surface area contributed by atoms with Crippen LogP contribution in [0.1, 0.15) is 12.6 Å². The van der Waals surface area contributed by atoms with E-state index in [-0.39, 0.29) is 18.0 Å². The number of nitrogens with one attached hydrogen (secondary N) is 1. The van der Waals surface area contributed by atoms with Gasteiger partial charge in [-0.25, -0.2) is 4.39 Å². The zero-order valence-corrected chi connectivity index (χ0v) is 15.0. The zero-order valence-electron chi connectivity index (χ0n) is 15.0. The summed E-state index contributed by atoms with van der Waals surface area (Å²) in [6.45, 7) is 5.73. The monoisotopic (exact) mass is 370 g/mol. The smallest absolute Gasteiger partial charge is 0.246 e. The average Bonchev–Trinajstić information content (AvgIpc) is 3.32. The van der Waals surface area contributed by atoms with Gasteiger partial charge >= 0.3 is 0 Å². The van der Waals surface area contributed by atoms with Gasteiger partial charge in [-0.05, 0) is 37.6 Å². The van der Waals surface area contributed by atoms with Crippen LogP contribution in [0.4, 0.5) is 4.39 Å². The van der Waals surface area contributed by atoms with Crippen molar-refractivity contribution in [3.05, 3.63) is 41.0 Å². The first-order valence-corrected chi connectivity index (χ1v) is 8.88. The number of rotatable bonds is 4. The van der Waals surface area contributed by atoms with Gasteiger partial charge in [0.15, 0.2) is 11.6 Å². The van der Waals surface area contributed by atoms with E-state index in [1.54, 1.807) is 23.2 Å². The van der Waals surface area contributed by atoms with Crippen molar-refractivity contribution in [3.63, 3.8) is 0 Å². The Morgan fingerprint density at radius 3 is 3.04 bits per heavy atom. The topological polar surface area (TPSA) is 74.7 Å². The molecule has 0 aliphatic carbocycles. The summed E-state index contributed by atoms with van der Waals surface area (Å²) >= 11 is 0. The van der Waals surface area contributed by atoms with Crippen LogP contribution in [0.3, 0.4) is 0 Å². The number of aryl methyl sites for hydroxylation is 1. The fourth-order valence-corrected chi connectivity index (χ4v) is 3.44. The minimum absolute atomic E-state index is 0.118. The molecule has 0 spiro atoms. The molecule has 140 valence electrons. The maximum atomic E-state index is 14.9. The van der Waals surface area contributed by atoms with Crippen LogP contribution in [0.25, 0.3) is 10.9 Å². The number of hydrazone groups is 1. The fraction of sp³-hybridized carbons (Fsp3) is 0.368. The molecule has 0 bridgehead atoms. The quantitative estimate of drug-likeness (QED) is 0.840. The van der Waals surface area contributed by atoms with E-state index in [1.807, 2.05) is 13.8 Å². The molecule has 1 aromatic carbocycles. The standard InChI is InChI=1S/C19H19FN4O3/c1-10-5-13-14(23-10)3-4-15(17(13)20)27-19-18-11(2)16(26-8-12-7-25-12)6-24(18)22-9-21-19/h3-5,9,12,16,23H,6-8H2,1-2H3. The lowest BCUT2D eigenvalue weighted by Gasteiger charge is -2.20. The maximum Gasteiger partial charge on any atom is 0.246 e. The molecule has 1 aromatic heterocycles. The summed E-state index contributed by atoms with van der Waals surface area (Å²) in [6, 6.07) is 5.17. The van der Waals surface area contributed by atoms with Crippen molar-refractivity contribution in [3.8, 4) is 5.75 Å². The summed E-state index contributed by atoms with van der Waals surface area (Å²) in [7, 11) is 0. The van der Waals surface area contributed by atoms with Gasteiger partial charge in [0.1, 0.15) is 24.2 Å². The lowest BCUT2D eigenvalue weighted by atomic mass is 10.1. The first-order valence-electron chi connectivity index (χ1n) is 8.88. The number of hydrogen-bond acceptors (Lipinski definition) is 6. The molecule has 3 aliphatic rings. The highest BCUT2D eigenvalue weighted by Gasteiger charge is 2.36. The molecule has 4 heterocycles. The largest absolute Gasteiger partial charge is 0.434 e. The molecule has 1 fully saturated rings. The third-order valence-electron chi connectivity index (χ3n) is 4.95. The maximum absolute atomic E-state index is 14.9. The lowest BCUT2D eigenvalue weighted by molar-refractivity contribution is 0.0601. The van der Waals surface area contributed by atoms with Gasteiger partial charge in [0, 0.05) is 16.6 Å². The fourth-order valence-electron chi connectivity index (χ4n) is 3.44. The molecular weight excluding hydrogens is 351 g/mol. The van der Waals surface area contributed by atoms with E-state index < -0.39 is 5.82 Å². The molecule has 7 nitrogen and oxygen atoms in total. The molecule has 0 radical (unpaired) electrons. The minimum atomic E-state index is -0.413. The highest BCUT2D eigenvalue weighted by Crippen LogP contribution is 2.32. The van der Waals surface area contributed by atoms with Crippen LogP contribution in [0.2, 0.25) is 0 Å². The Hall–Kier alpha value is -2.71. The second kappa shape index (κ2) is 6.17. The number of aliphatic imine (C=N–C) groups is 1. The molecule has 2 atom stereocenters. The van der Waals surface area contributed by atoms with Crippen LogP contribution in [0.5, 0.6) is 5.75 Å². The number of fused-ring (bicyclic) bond motifs is 2. The Morgan fingerprint density at radius 2 is 2.22 bits per heavy atom. The summed E-state index contributed by atoms with van der Waals surface area (Å²) in [5.74, 6) is 0.0388. The average molecular weight is 370 g/mol. The first kappa shape index (κ1) is 16.5. The number of halogens is 1. The normalized spacial score (nSPS) is 23.8. The molecule has 2 aromatic rings. The molecule has 1 N–H and O–H groups in total. The number of aromatic amines is 1. The molecule has 2 unspecified atom stereocenters. The van der Waals surface area contributed by atoms with Gasteiger partial charge in [-0.2, -0.15) is 10.1 Å². The Morgan fingerprint density at radius 1 is 1.37 bits per heavy atom. The van der Waals surface area contributed by atoms with Gasteiger partial charge in [-0.15, -0.1) is 0 Å². The molecular formula is C19H19FN4O3. The number of benzene rings is 1. The van der Waals surface area contributed by atoms with E-state index in [1.165, 1.54) is 6.34 Å². The Labute approximate surface area is 155 Å². The number of epoxide rings is 1. The zero-order chi connectivity index (χ0) is 18.5. The third-order valence-corrected chi connectivity index (χ3v) is 4.95. The van der Waals surface area contributed by atoms with Crippen molar-refractivity contribution >= 4 is 23.1 Å². The van der Waals surface area contributed by atoms with E-state index in [9.17, 15) is 4.39 Å². The lowest BCUT2D eigenvalue weighted by Crippen LogP contribution is -2.28. The van der Waals surface area contributed by atoms with Crippen LogP contribution < -0.4 is 4.74 Å². The third kappa shape index (κ3) is 2.90. The summed E-state index contributed by atoms with van der Waals surface area (Å²) < 4.78 is 31.9. The molecule has 0 amide bonds. The Balaban J connectivity index is 1.43. The number of ether oxygens (including phenoxy) is 3. The number of H-pyrrole nitrogens is 1. The Bertz CT molecular complexity index is 1010. The second-order valence-corrected chi connectivity index (χ2v) is 6.95. The van der Waals surface area contributed by atoms with Crippen LogP contribution in [0.15, 0.2) is 39.6 Å². The van der Waals surface area contributed by atoms with Crippen molar-refractivity contribution in [2.24, 2.45) is 10.1 Å². The molecule has 0 saturated carbocycles. The van der Waals surface area contributed by atoms with Gasteiger partial charge in [0.25, 0.3) is 0 Å². The van der Waals surface area contributed by atoms with Gasteiger partial charge in [-0.1, -0.05) is 0 Å². The van der Waals surface area contributed by atoms with Crippen molar-refractivity contribution in [2.75, 3.05) is 19.8 Å². The van der Waals surface area contributed by atoms with Crippen molar-refractivity contribution in [2.45, 2.75) is 26.1 Å². The Kier molecular flexibility index (Phi) is 3.76. The van der Waals surface area contributed by atoms with Crippen molar-refractivity contribution in [1.29, 1.82) is 0 Å². The number of aromatic nitrogens is 1. The highest BCUT2D eigenvalue weighted by atomic mass is 19.1. The van der Waals surface area contributed by atoms with Gasteiger partial charge in [0.2, 0.25) is 5.90 Å². The van der Waals surface area contributed by atoms with E-state index in [0.29, 0.717) is 24.4 Å². The summed E-state index contributed by atoms with van der Waals surface area (Å²) in [5.41, 5.74) is 3.32. The van der Waals surface area contributed by atoms with Crippen molar-refractivity contribution in [1.82, 2.24) is 9.99 Å². The predicted molar refractivity (Wildman–Crippen MR) is 98.4 cm³/mol. The van der Waals surface area contributed by atoms with Gasteiger partial charge in [0.05, 0.1) is 19.8 Å². The number of hydrogen-bond donors (Lipinski definition) is 1. The minimum Gasteiger partial charge on any atom is -0.434 e. The molecule has 27 heavy (non-hydrogen) atoms. The van der Waals surface area contributed by atoms with Crippen LogP contribution in [0, 0.1) is 12.7 Å². The predicted octanol–water partition coefficient (Wildman–Crippen LogP) is 2.72. The van der Waals surface area contributed by atoms with Gasteiger partial charge in [-0.3, -0.25) is 5.01 Å². The molecule has 5 rings (SSSR count). The van der Waals surface area contributed by atoms with Crippen molar-refractivity contribution < 1.29 is 18.6 Å². The molecule has 3 aliphatic heterocycles. The summed E-state index contributed by atoms with van der Waals surface area (Å²) in [6.07, 6.45) is 1.49. The molecule has 1 saturated heterocycles. The molecule has 8 heteroatoms. The second-order valence-electron chi connectivity index (χ2n) is 6.95. The first-order chi connectivity index (χ1) is 13.1. The highest BCUT2D eigenvalue weighted by molar-refractivity contribution is 6.01. The summed E-state index contributed by atoms with van der Waals surface area (Å²) in [5, 5.41) is 6.56.